The van der Waals surface area contributed by atoms with Crippen LogP contribution in [-0.2, 0) is 11.3 Å². The lowest BCUT2D eigenvalue weighted by Crippen LogP contribution is -2.42. The van der Waals surface area contributed by atoms with Gasteiger partial charge in [0.25, 0.3) is 5.91 Å². The first-order chi connectivity index (χ1) is 14.5. The molecule has 0 aliphatic heterocycles. The number of nitrogens with one attached hydrogen (secondary N) is 2. The third kappa shape index (κ3) is 5.46. The smallest absolute Gasteiger partial charge is 0.269 e. The van der Waals surface area contributed by atoms with Gasteiger partial charge in [-0.05, 0) is 48.5 Å². The minimum Gasteiger partial charge on any atom is -0.298 e. The molecule has 0 atom stereocenters. The standard InChI is InChI=1S/C20H17ClFN5O2S/c1-2-11-27-18(13-3-7-15(21)8-4-13)24-26-20(27)30-12-17(28)23-25-19(29)14-5-9-16(22)10-6-14/h2-10H,1,11-12H2,(H,23,28)(H,25,29). The van der Waals surface area contributed by atoms with E-state index >= 15 is 0 Å². The van der Waals surface area contributed by atoms with Crippen molar-refractivity contribution in [3.63, 3.8) is 0 Å². The number of thioether (sulfide) groups is 1. The summed E-state index contributed by atoms with van der Waals surface area (Å²) in [5.74, 6) is -0.808. The minimum atomic E-state index is -0.548. The fraction of sp³-hybridized carbons (Fsp3) is 0.100. The second kappa shape index (κ2) is 10.0. The number of rotatable bonds is 7. The third-order valence-corrected chi connectivity index (χ3v) is 5.10. The van der Waals surface area contributed by atoms with Gasteiger partial charge >= 0.3 is 0 Å². The van der Waals surface area contributed by atoms with Crippen LogP contribution in [0.4, 0.5) is 4.39 Å². The molecule has 0 bridgehead atoms. The molecule has 0 spiro atoms. The summed E-state index contributed by atoms with van der Waals surface area (Å²) in [5, 5.41) is 9.49. The molecule has 0 fully saturated rings. The van der Waals surface area contributed by atoms with Crippen molar-refractivity contribution in [2.24, 2.45) is 0 Å². The molecule has 1 heterocycles. The zero-order valence-corrected chi connectivity index (χ0v) is 17.2. The van der Waals surface area contributed by atoms with Gasteiger partial charge in [-0.3, -0.25) is 25.0 Å². The third-order valence-electron chi connectivity index (χ3n) is 3.89. The van der Waals surface area contributed by atoms with Gasteiger partial charge < -0.3 is 0 Å². The van der Waals surface area contributed by atoms with Crippen LogP contribution in [0, 0.1) is 5.82 Å². The van der Waals surface area contributed by atoms with Crippen molar-refractivity contribution in [3.05, 3.63) is 77.6 Å². The Morgan fingerprint density at radius 3 is 2.47 bits per heavy atom. The van der Waals surface area contributed by atoms with Crippen molar-refractivity contribution in [1.82, 2.24) is 25.6 Å². The number of hydrogen-bond acceptors (Lipinski definition) is 5. The Balaban J connectivity index is 1.60. The lowest BCUT2D eigenvalue weighted by atomic mass is 10.2. The van der Waals surface area contributed by atoms with E-state index < -0.39 is 17.6 Å². The predicted octanol–water partition coefficient (Wildman–Crippen LogP) is 3.48. The number of hydrogen-bond donors (Lipinski definition) is 2. The summed E-state index contributed by atoms with van der Waals surface area (Å²) in [6.07, 6.45) is 1.70. The highest BCUT2D eigenvalue weighted by Gasteiger charge is 2.15. The van der Waals surface area contributed by atoms with Crippen molar-refractivity contribution in [3.8, 4) is 11.4 Å². The summed E-state index contributed by atoms with van der Waals surface area (Å²) in [4.78, 5) is 24.0. The Kier molecular flexibility index (Phi) is 7.21. The number of hydrazine groups is 1. The van der Waals surface area contributed by atoms with Gasteiger partial charge in [0, 0.05) is 22.7 Å². The summed E-state index contributed by atoms with van der Waals surface area (Å²) >= 11 is 7.10. The van der Waals surface area contributed by atoms with Crippen LogP contribution in [0.15, 0.2) is 66.3 Å². The molecule has 0 saturated heterocycles. The molecular formula is C20H17ClFN5O2S. The van der Waals surface area contributed by atoms with E-state index in [2.05, 4.69) is 27.6 Å². The quantitative estimate of drug-likeness (QED) is 0.330. The highest BCUT2D eigenvalue weighted by Crippen LogP contribution is 2.25. The monoisotopic (exact) mass is 445 g/mol. The molecule has 2 N–H and O–H groups in total. The maximum absolute atomic E-state index is 12.9. The molecule has 3 rings (SSSR count). The first-order valence-electron chi connectivity index (χ1n) is 8.75. The molecule has 7 nitrogen and oxygen atoms in total. The van der Waals surface area contributed by atoms with Crippen molar-refractivity contribution in [2.75, 3.05) is 5.75 Å². The second-order valence-corrected chi connectivity index (χ2v) is 7.39. The molecule has 10 heteroatoms. The Morgan fingerprint density at radius 2 is 1.80 bits per heavy atom. The van der Waals surface area contributed by atoms with E-state index in [4.69, 9.17) is 11.6 Å². The largest absolute Gasteiger partial charge is 0.298 e. The molecule has 154 valence electrons. The summed E-state index contributed by atoms with van der Waals surface area (Å²) in [7, 11) is 0. The Morgan fingerprint density at radius 1 is 1.10 bits per heavy atom. The van der Waals surface area contributed by atoms with E-state index in [0.717, 1.165) is 17.7 Å². The van der Waals surface area contributed by atoms with Crippen molar-refractivity contribution in [2.45, 2.75) is 11.7 Å². The molecule has 0 radical (unpaired) electrons. The van der Waals surface area contributed by atoms with Crippen LogP contribution in [0.25, 0.3) is 11.4 Å². The first-order valence-corrected chi connectivity index (χ1v) is 10.1. The summed E-state index contributed by atoms with van der Waals surface area (Å²) in [6.45, 7) is 4.20. The molecule has 1 aromatic heterocycles. The average molecular weight is 446 g/mol. The van der Waals surface area contributed by atoms with Crippen molar-refractivity contribution in [1.29, 1.82) is 0 Å². The van der Waals surface area contributed by atoms with Gasteiger partial charge in [0.1, 0.15) is 5.82 Å². The van der Waals surface area contributed by atoms with E-state index in [9.17, 15) is 14.0 Å². The van der Waals surface area contributed by atoms with E-state index in [0.29, 0.717) is 22.5 Å². The van der Waals surface area contributed by atoms with Crippen LogP contribution in [0.2, 0.25) is 5.02 Å². The minimum absolute atomic E-state index is 0.000405. The normalized spacial score (nSPS) is 10.5. The zero-order valence-electron chi connectivity index (χ0n) is 15.6. The summed E-state index contributed by atoms with van der Waals surface area (Å²) in [6, 6.07) is 12.1. The maximum Gasteiger partial charge on any atom is 0.269 e. The van der Waals surface area contributed by atoms with Gasteiger partial charge in [0.15, 0.2) is 11.0 Å². The van der Waals surface area contributed by atoms with E-state index in [1.807, 2.05) is 16.7 Å². The van der Waals surface area contributed by atoms with Crippen molar-refractivity contribution < 1.29 is 14.0 Å². The predicted molar refractivity (Wildman–Crippen MR) is 113 cm³/mol. The number of carbonyl (C=O) groups is 2. The van der Waals surface area contributed by atoms with Gasteiger partial charge in [-0.15, -0.1) is 16.8 Å². The topological polar surface area (TPSA) is 88.9 Å². The van der Waals surface area contributed by atoms with Crippen LogP contribution in [0.1, 0.15) is 10.4 Å². The highest BCUT2D eigenvalue weighted by atomic mass is 35.5. The fourth-order valence-electron chi connectivity index (χ4n) is 2.47. The molecule has 2 aromatic carbocycles. The number of carbonyl (C=O) groups excluding carboxylic acids is 2. The van der Waals surface area contributed by atoms with E-state index in [-0.39, 0.29) is 11.3 Å². The highest BCUT2D eigenvalue weighted by molar-refractivity contribution is 7.99. The molecule has 3 aromatic rings. The van der Waals surface area contributed by atoms with Gasteiger partial charge in [-0.25, -0.2) is 4.39 Å². The second-order valence-electron chi connectivity index (χ2n) is 6.01. The fourth-order valence-corrected chi connectivity index (χ4v) is 3.34. The number of amides is 2. The molecular weight excluding hydrogens is 429 g/mol. The van der Waals surface area contributed by atoms with Gasteiger partial charge in [-0.1, -0.05) is 29.4 Å². The van der Waals surface area contributed by atoms with E-state index in [1.165, 1.54) is 23.9 Å². The van der Waals surface area contributed by atoms with Crippen LogP contribution in [-0.4, -0.2) is 32.3 Å². The number of nitrogens with zero attached hydrogens (tertiary/aromatic N) is 3. The molecule has 0 aliphatic rings. The Labute approximate surface area is 181 Å². The van der Waals surface area contributed by atoms with Gasteiger partial charge in [0.05, 0.1) is 5.75 Å². The Hall–Kier alpha value is -3.17. The SMILES string of the molecule is C=CCn1c(SCC(=O)NNC(=O)c2ccc(F)cc2)nnc1-c1ccc(Cl)cc1. The molecule has 0 unspecified atom stereocenters. The summed E-state index contributed by atoms with van der Waals surface area (Å²) < 4.78 is 14.7. The molecule has 2 amide bonds. The number of allylic oxidation sites excluding steroid dienone is 1. The molecule has 0 aliphatic carbocycles. The van der Waals surface area contributed by atoms with Crippen LogP contribution in [0.3, 0.4) is 0 Å². The molecule has 0 saturated carbocycles. The number of halogens is 2. The van der Waals surface area contributed by atoms with Crippen LogP contribution in [0.5, 0.6) is 0 Å². The van der Waals surface area contributed by atoms with Gasteiger partial charge in [-0.2, -0.15) is 0 Å². The molecule has 30 heavy (non-hydrogen) atoms. The lowest BCUT2D eigenvalue weighted by Gasteiger charge is -2.09. The van der Waals surface area contributed by atoms with Crippen molar-refractivity contribution >= 4 is 35.2 Å². The van der Waals surface area contributed by atoms with Crippen LogP contribution >= 0.6 is 23.4 Å². The zero-order chi connectivity index (χ0) is 21.5. The number of benzene rings is 2. The first kappa shape index (κ1) is 21.5. The summed E-state index contributed by atoms with van der Waals surface area (Å²) in [5.41, 5.74) is 5.66. The maximum atomic E-state index is 12.9. The lowest BCUT2D eigenvalue weighted by molar-refractivity contribution is -0.119. The van der Waals surface area contributed by atoms with Gasteiger partial charge in [0.2, 0.25) is 5.91 Å². The number of aromatic nitrogens is 3. The Bertz CT molecular complexity index is 1050. The van der Waals surface area contributed by atoms with E-state index in [1.54, 1.807) is 18.2 Å². The average Bonchev–Trinajstić information content (AvgIpc) is 3.14. The van der Waals surface area contributed by atoms with Crippen LogP contribution < -0.4 is 10.9 Å².